The molecule has 0 fully saturated rings. The number of rotatable bonds is 1. The van der Waals surface area contributed by atoms with E-state index in [1.807, 2.05) is 0 Å². The van der Waals surface area contributed by atoms with Gasteiger partial charge in [-0.2, -0.15) is 0 Å². The Morgan fingerprint density at radius 3 is 2.20 bits per heavy atom. The minimum absolute atomic E-state index is 0.254. The average molecular weight is 171 g/mol. The Morgan fingerprint density at radius 1 is 1.30 bits per heavy atom. The fraction of sp³-hybridized carbons (Fsp3) is 0. The second-order valence-electron chi connectivity index (χ2n) is 1.81. The molecule has 0 atom stereocenters. The van der Waals surface area contributed by atoms with Gasteiger partial charge in [-0.05, 0) is 24.3 Å². The molecular weight excluding hydrogens is 165 g/mol. The first-order chi connectivity index (χ1) is 4.70. The summed E-state index contributed by atoms with van der Waals surface area (Å²) >= 11 is 5.52. The highest BCUT2D eigenvalue weighted by Gasteiger charge is 1.99. The Balaban J connectivity index is 3.00. The first-order valence-electron chi connectivity index (χ1n) is 2.69. The zero-order valence-electron chi connectivity index (χ0n) is 5.04. The van der Waals surface area contributed by atoms with Crippen molar-refractivity contribution in [3.05, 3.63) is 34.9 Å². The van der Waals surface area contributed by atoms with E-state index in [4.69, 9.17) is 16.7 Å². The fourth-order valence-corrected chi connectivity index (χ4v) is 0.718. The molecule has 0 saturated heterocycles. The third-order valence-electron chi connectivity index (χ3n) is 1.09. The van der Waals surface area contributed by atoms with Crippen LogP contribution in [0.1, 0.15) is 10.4 Å². The van der Waals surface area contributed by atoms with Crippen molar-refractivity contribution in [3.8, 4) is 0 Å². The standard InChI is InChI=1S/C7H5ClO2/c8-6-3-1-5(2-4-6)7(9)10/h1-4H,(H,9,10)/i1+2,2+2,3+2,4+2,5+2,6+2,7+2. The molecule has 0 aliphatic rings. The maximum absolute atomic E-state index is 10.3. The van der Waals surface area contributed by atoms with E-state index in [1.54, 1.807) is 12.1 Å². The number of carboxylic acids is 1. The molecule has 52 valence electrons. The van der Waals surface area contributed by atoms with E-state index in [9.17, 15) is 4.79 Å². The predicted molar refractivity (Wildman–Crippen MR) is 38.4 cm³/mol. The third-order valence-corrected chi connectivity index (χ3v) is 1.34. The SMILES string of the molecule is O=[14C](O)[14c]1[14cH][14cH][14c](Cl)[14cH][14cH]1. The van der Waals surface area contributed by atoms with Crippen LogP contribution in [0, 0.1) is 0 Å². The Kier molecular flexibility index (Phi) is 1.92. The molecule has 0 heterocycles. The highest BCUT2D eigenvalue weighted by Crippen LogP contribution is 2.08. The van der Waals surface area contributed by atoms with Crippen molar-refractivity contribution in [2.75, 3.05) is 0 Å². The summed E-state index contributed by atoms with van der Waals surface area (Å²) in [5.74, 6) is -0.934. The highest BCUT2D eigenvalue weighted by molar-refractivity contribution is 6.30. The van der Waals surface area contributed by atoms with E-state index in [2.05, 4.69) is 0 Å². The van der Waals surface area contributed by atoms with Crippen LogP contribution in [0.15, 0.2) is 24.3 Å². The molecule has 1 N–H and O–H groups in total. The van der Waals surface area contributed by atoms with Crippen LogP contribution < -0.4 is 0 Å². The van der Waals surface area contributed by atoms with Gasteiger partial charge >= 0.3 is 5.97 Å². The van der Waals surface area contributed by atoms with Gasteiger partial charge in [-0.1, -0.05) is 11.6 Å². The average Bonchev–Trinajstić information content (AvgIpc) is 1.88. The lowest BCUT2D eigenvalue weighted by Gasteiger charge is -1.91. The van der Waals surface area contributed by atoms with E-state index in [1.165, 1.54) is 12.1 Å². The van der Waals surface area contributed by atoms with Crippen molar-refractivity contribution in [2.45, 2.75) is 0 Å². The predicted octanol–water partition coefficient (Wildman–Crippen LogP) is 2.04. The lowest BCUT2D eigenvalue weighted by Crippen LogP contribution is -1.94. The molecule has 10 heavy (non-hydrogen) atoms. The maximum atomic E-state index is 10.3. The molecule has 1 aromatic carbocycles. The molecule has 0 unspecified atom stereocenters. The second kappa shape index (κ2) is 2.71. The van der Waals surface area contributed by atoms with E-state index < -0.39 is 5.97 Å². The number of halogens is 1. The normalized spacial score (nSPS) is 9.30. The van der Waals surface area contributed by atoms with Crippen LogP contribution in [0.3, 0.4) is 0 Å². The quantitative estimate of drug-likeness (QED) is 0.700. The van der Waals surface area contributed by atoms with Crippen molar-refractivity contribution in [3.63, 3.8) is 0 Å². The summed E-state index contributed by atoms with van der Waals surface area (Å²) in [5.41, 5.74) is 0.254. The zero-order chi connectivity index (χ0) is 7.56. The monoisotopic (exact) mass is 170 g/mol. The number of hydrogen-bond donors (Lipinski definition) is 1. The van der Waals surface area contributed by atoms with Gasteiger partial charge in [0.05, 0.1) is 5.56 Å². The summed E-state index contributed by atoms with van der Waals surface area (Å²) in [6.45, 7) is 0. The van der Waals surface area contributed by atoms with E-state index in [-0.39, 0.29) is 5.56 Å². The lowest BCUT2D eigenvalue weighted by molar-refractivity contribution is 0.0697. The summed E-state index contributed by atoms with van der Waals surface area (Å²) in [5, 5.41) is 8.98. The van der Waals surface area contributed by atoms with Gasteiger partial charge in [-0.25, -0.2) is 4.79 Å². The molecule has 0 spiro atoms. The summed E-state index contributed by atoms with van der Waals surface area (Å²) in [6.07, 6.45) is 0. The number of benzene rings is 1. The molecule has 0 radical (unpaired) electrons. The van der Waals surface area contributed by atoms with Crippen molar-refractivity contribution < 1.29 is 9.90 Å². The number of carbonyl (C=O) groups is 1. The van der Waals surface area contributed by atoms with Crippen LogP contribution in [0.4, 0.5) is 0 Å². The molecule has 0 bridgehead atoms. The third kappa shape index (κ3) is 1.48. The lowest BCUT2D eigenvalue weighted by atomic mass is 12.2. The van der Waals surface area contributed by atoms with E-state index in [0.717, 1.165) is 0 Å². The van der Waals surface area contributed by atoms with Crippen molar-refractivity contribution in [2.24, 2.45) is 0 Å². The van der Waals surface area contributed by atoms with E-state index in [0.29, 0.717) is 5.02 Å². The van der Waals surface area contributed by atoms with E-state index >= 15 is 0 Å². The summed E-state index contributed by atoms with van der Waals surface area (Å²) < 4.78 is 0. The molecule has 0 aliphatic heterocycles. The molecule has 2 nitrogen and oxygen atoms in total. The smallest absolute Gasteiger partial charge is 0.335 e. The van der Waals surface area contributed by atoms with Crippen LogP contribution in [-0.2, 0) is 0 Å². The van der Waals surface area contributed by atoms with Gasteiger partial charge in [-0.3, -0.25) is 0 Å². The van der Waals surface area contributed by atoms with Gasteiger partial charge in [0.15, 0.2) is 0 Å². The van der Waals surface area contributed by atoms with Gasteiger partial charge < -0.3 is 5.11 Å². The van der Waals surface area contributed by atoms with Crippen LogP contribution in [-0.4, -0.2) is 11.1 Å². The highest BCUT2D eigenvalue weighted by atomic mass is 35.5. The Labute approximate surface area is 63.1 Å². The Morgan fingerprint density at radius 2 is 1.80 bits per heavy atom. The van der Waals surface area contributed by atoms with Gasteiger partial charge in [0.25, 0.3) is 0 Å². The van der Waals surface area contributed by atoms with Crippen LogP contribution in [0.25, 0.3) is 0 Å². The molecule has 0 aliphatic carbocycles. The minimum atomic E-state index is -0.934. The number of carboxylic acid groups (broad SMARTS) is 1. The Hall–Kier alpha value is -1.02. The molecule has 0 saturated carbocycles. The minimum Gasteiger partial charge on any atom is -0.478 e. The van der Waals surface area contributed by atoms with Crippen molar-refractivity contribution in [1.82, 2.24) is 0 Å². The second-order valence-corrected chi connectivity index (χ2v) is 2.25. The fourth-order valence-electron chi connectivity index (χ4n) is 0.592. The van der Waals surface area contributed by atoms with Crippen molar-refractivity contribution in [1.29, 1.82) is 0 Å². The van der Waals surface area contributed by atoms with Gasteiger partial charge in [0.2, 0.25) is 0 Å². The molecular formula is C7H5ClO2. The topological polar surface area (TPSA) is 37.3 Å². The maximum Gasteiger partial charge on any atom is 0.335 e. The molecule has 1 rings (SSSR count). The largest absolute Gasteiger partial charge is 0.478 e. The van der Waals surface area contributed by atoms with Crippen LogP contribution >= 0.6 is 11.6 Å². The molecule has 0 amide bonds. The Bertz CT molecular complexity index is 240. The first kappa shape index (κ1) is 7.09. The first-order valence-corrected chi connectivity index (χ1v) is 3.07. The zero-order valence-corrected chi connectivity index (χ0v) is 5.80. The molecule has 0 aromatic heterocycles. The van der Waals surface area contributed by atoms with Crippen molar-refractivity contribution >= 4 is 17.6 Å². The van der Waals surface area contributed by atoms with Crippen LogP contribution in [0.2, 0.25) is 5.02 Å². The summed E-state index contributed by atoms with van der Waals surface area (Å²) in [7, 11) is 0. The van der Waals surface area contributed by atoms with Gasteiger partial charge in [0.1, 0.15) is 0 Å². The summed E-state index contributed by atoms with van der Waals surface area (Å²) in [4.78, 5) is 10.3. The van der Waals surface area contributed by atoms with Gasteiger partial charge in [0, 0.05) is 5.02 Å². The summed E-state index contributed by atoms with van der Waals surface area (Å²) in [6, 6.07) is 6.02. The molecule has 1 aromatic rings. The number of hydrogen-bond acceptors (Lipinski definition) is 1. The molecule has 3 heteroatoms. The number of aromatic carboxylic acids is 1. The van der Waals surface area contributed by atoms with Crippen LogP contribution in [0.5, 0.6) is 0 Å². The van der Waals surface area contributed by atoms with Gasteiger partial charge in [-0.15, -0.1) is 0 Å².